The third-order valence-corrected chi connectivity index (χ3v) is 6.45. The topological polar surface area (TPSA) is 110 Å². The fourth-order valence-corrected chi connectivity index (χ4v) is 3.86. The summed E-state index contributed by atoms with van der Waals surface area (Å²) in [6.07, 6.45) is -1.49. The van der Waals surface area contributed by atoms with Gasteiger partial charge in [-0.25, -0.2) is 4.68 Å². The SMILES string of the molecule is Cc1cc(C(C)(C)c2ccc(OCC(O)Cn3nnc(C)c3CO)cc2)ccc1OCC(O)CCl. The predicted molar refractivity (Wildman–Crippen MR) is 134 cm³/mol. The number of alkyl halides is 1. The third kappa shape index (κ3) is 6.73. The highest BCUT2D eigenvalue weighted by molar-refractivity contribution is 6.18. The van der Waals surface area contributed by atoms with Crippen LogP contribution >= 0.6 is 11.6 Å². The molecule has 8 nitrogen and oxygen atoms in total. The molecule has 1 aromatic heterocycles. The molecule has 0 spiro atoms. The first-order valence-corrected chi connectivity index (χ1v) is 12.1. The quantitative estimate of drug-likeness (QED) is 0.326. The lowest BCUT2D eigenvalue weighted by Gasteiger charge is -2.27. The molecule has 0 aliphatic carbocycles. The number of aromatic nitrogens is 3. The lowest BCUT2D eigenvalue weighted by molar-refractivity contribution is 0.0866. The Morgan fingerprint density at radius 3 is 2.26 bits per heavy atom. The molecule has 0 aliphatic rings. The van der Waals surface area contributed by atoms with Gasteiger partial charge in [0.1, 0.15) is 36.9 Å². The number of hydrogen-bond donors (Lipinski definition) is 3. The van der Waals surface area contributed by atoms with Crippen LogP contribution in [-0.2, 0) is 18.6 Å². The molecule has 2 unspecified atom stereocenters. The number of aliphatic hydroxyl groups is 3. The zero-order valence-corrected chi connectivity index (χ0v) is 21.4. The van der Waals surface area contributed by atoms with E-state index in [0.29, 0.717) is 17.1 Å². The summed E-state index contributed by atoms with van der Waals surface area (Å²) < 4.78 is 12.9. The molecule has 0 saturated carbocycles. The summed E-state index contributed by atoms with van der Waals surface area (Å²) >= 11 is 5.64. The van der Waals surface area contributed by atoms with Crippen molar-refractivity contribution in [2.24, 2.45) is 0 Å². The number of nitrogens with zero attached hydrogens (tertiary/aromatic N) is 3. The minimum Gasteiger partial charge on any atom is -0.491 e. The van der Waals surface area contributed by atoms with Crippen molar-refractivity contribution in [2.45, 2.75) is 58.5 Å². The molecule has 0 bridgehead atoms. The zero-order valence-electron chi connectivity index (χ0n) is 20.6. The van der Waals surface area contributed by atoms with Gasteiger partial charge in [-0.3, -0.25) is 0 Å². The van der Waals surface area contributed by atoms with Gasteiger partial charge < -0.3 is 24.8 Å². The number of halogens is 1. The van der Waals surface area contributed by atoms with E-state index in [1.165, 1.54) is 4.68 Å². The van der Waals surface area contributed by atoms with Crippen molar-refractivity contribution in [1.82, 2.24) is 15.0 Å². The molecule has 9 heteroatoms. The number of aryl methyl sites for hydroxylation is 2. The average molecular weight is 504 g/mol. The van der Waals surface area contributed by atoms with Crippen LogP contribution in [0.15, 0.2) is 42.5 Å². The van der Waals surface area contributed by atoms with E-state index in [0.717, 1.165) is 22.4 Å². The molecule has 2 atom stereocenters. The Bertz CT molecular complexity index is 1100. The van der Waals surface area contributed by atoms with Crippen molar-refractivity contribution in [3.05, 3.63) is 70.5 Å². The second kappa shape index (κ2) is 11.9. The second-order valence-electron chi connectivity index (χ2n) is 9.18. The fourth-order valence-electron chi connectivity index (χ4n) is 3.77. The molecule has 3 aromatic rings. The number of aliphatic hydroxyl groups excluding tert-OH is 3. The summed E-state index contributed by atoms with van der Waals surface area (Å²) in [5, 5.41) is 37.3. The van der Waals surface area contributed by atoms with Gasteiger partial charge in [-0.2, -0.15) is 0 Å². The largest absolute Gasteiger partial charge is 0.491 e. The molecule has 3 rings (SSSR count). The normalized spacial score (nSPS) is 13.5. The number of rotatable bonds is 12. The molecule has 2 aromatic carbocycles. The summed E-state index contributed by atoms with van der Waals surface area (Å²) in [5.41, 5.74) is 4.19. The fraction of sp³-hybridized carbons (Fsp3) is 0.462. The predicted octanol–water partition coefficient (Wildman–Crippen LogP) is 3.13. The van der Waals surface area contributed by atoms with Crippen LogP contribution in [0.25, 0.3) is 0 Å². The summed E-state index contributed by atoms with van der Waals surface area (Å²) in [5.74, 6) is 1.51. The van der Waals surface area contributed by atoms with E-state index in [2.05, 4.69) is 30.2 Å². The van der Waals surface area contributed by atoms with Crippen LogP contribution in [-0.4, -0.2) is 61.6 Å². The maximum Gasteiger partial charge on any atom is 0.122 e. The molecule has 3 N–H and O–H groups in total. The molecule has 1 heterocycles. The van der Waals surface area contributed by atoms with Crippen molar-refractivity contribution in [2.75, 3.05) is 19.1 Å². The van der Waals surface area contributed by atoms with Crippen molar-refractivity contribution >= 4 is 11.6 Å². The van der Waals surface area contributed by atoms with E-state index in [1.807, 2.05) is 43.3 Å². The highest BCUT2D eigenvalue weighted by Crippen LogP contribution is 2.34. The first kappa shape index (κ1) is 26.9. The summed E-state index contributed by atoms with van der Waals surface area (Å²) in [6, 6.07) is 13.9. The van der Waals surface area contributed by atoms with Crippen LogP contribution in [0.3, 0.4) is 0 Å². The monoisotopic (exact) mass is 503 g/mol. The van der Waals surface area contributed by atoms with Crippen molar-refractivity contribution in [3.8, 4) is 11.5 Å². The van der Waals surface area contributed by atoms with Gasteiger partial charge in [-0.15, -0.1) is 16.7 Å². The average Bonchev–Trinajstić information content (AvgIpc) is 3.20. The Balaban J connectivity index is 1.61. The molecule has 0 aliphatic heterocycles. The number of ether oxygens (including phenoxy) is 2. The maximum atomic E-state index is 10.3. The first-order chi connectivity index (χ1) is 16.6. The molecular weight excluding hydrogens is 470 g/mol. The van der Waals surface area contributed by atoms with E-state index >= 15 is 0 Å². The van der Waals surface area contributed by atoms with E-state index in [-0.39, 0.29) is 37.7 Å². The molecule has 0 fully saturated rings. The van der Waals surface area contributed by atoms with Gasteiger partial charge in [0.05, 0.1) is 30.4 Å². The Morgan fingerprint density at radius 1 is 0.971 bits per heavy atom. The molecule has 0 saturated heterocycles. The van der Waals surface area contributed by atoms with E-state index in [9.17, 15) is 15.3 Å². The van der Waals surface area contributed by atoms with Crippen molar-refractivity contribution < 1.29 is 24.8 Å². The van der Waals surface area contributed by atoms with Gasteiger partial charge in [0, 0.05) is 5.41 Å². The van der Waals surface area contributed by atoms with Crippen LogP contribution in [0.2, 0.25) is 0 Å². The van der Waals surface area contributed by atoms with E-state index < -0.39 is 12.2 Å². The van der Waals surface area contributed by atoms with Crippen LogP contribution in [0.5, 0.6) is 11.5 Å². The highest BCUT2D eigenvalue weighted by Gasteiger charge is 2.24. The van der Waals surface area contributed by atoms with Crippen LogP contribution in [0, 0.1) is 13.8 Å². The van der Waals surface area contributed by atoms with Gasteiger partial charge in [0.2, 0.25) is 0 Å². The van der Waals surface area contributed by atoms with Gasteiger partial charge in [0.25, 0.3) is 0 Å². The first-order valence-electron chi connectivity index (χ1n) is 11.5. The third-order valence-electron chi connectivity index (χ3n) is 6.09. The van der Waals surface area contributed by atoms with Gasteiger partial charge in [-0.05, 0) is 48.7 Å². The van der Waals surface area contributed by atoms with E-state index in [1.54, 1.807) is 6.92 Å². The minimum absolute atomic E-state index is 0.0889. The Morgan fingerprint density at radius 2 is 1.63 bits per heavy atom. The van der Waals surface area contributed by atoms with Gasteiger partial charge >= 0.3 is 0 Å². The lowest BCUT2D eigenvalue weighted by atomic mass is 9.77. The smallest absolute Gasteiger partial charge is 0.122 e. The molecule has 0 radical (unpaired) electrons. The summed E-state index contributed by atoms with van der Waals surface area (Å²) in [7, 11) is 0. The van der Waals surface area contributed by atoms with Crippen LogP contribution in [0.4, 0.5) is 0 Å². The highest BCUT2D eigenvalue weighted by atomic mass is 35.5. The summed E-state index contributed by atoms with van der Waals surface area (Å²) in [4.78, 5) is 0. The van der Waals surface area contributed by atoms with Gasteiger partial charge in [-0.1, -0.05) is 43.3 Å². The van der Waals surface area contributed by atoms with Crippen LogP contribution < -0.4 is 9.47 Å². The second-order valence-corrected chi connectivity index (χ2v) is 9.48. The van der Waals surface area contributed by atoms with E-state index in [4.69, 9.17) is 21.1 Å². The maximum absolute atomic E-state index is 10.3. The number of benzene rings is 2. The molecule has 0 amide bonds. The standard InChI is InChI=1S/C26H34ClN3O5/c1-17-11-20(7-10-25(17)35-15-21(32)12-27)26(3,4)19-5-8-23(9-6-19)34-16-22(33)13-30-24(14-31)18(2)28-29-30/h5-11,21-22,31-33H,12-16H2,1-4H3. The number of hydrogen-bond acceptors (Lipinski definition) is 7. The lowest BCUT2D eigenvalue weighted by Crippen LogP contribution is -2.25. The Kier molecular flexibility index (Phi) is 9.13. The molecule has 35 heavy (non-hydrogen) atoms. The Hall–Kier alpha value is -2.65. The summed E-state index contributed by atoms with van der Waals surface area (Å²) in [6.45, 7) is 8.29. The van der Waals surface area contributed by atoms with Crippen molar-refractivity contribution in [3.63, 3.8) is 0 Å². The minimum atomic E-state index is -0.799. The van der Waals surface area contributed by atoms with Crippen LogP contribution in [0.1, 0.15) is 41.9 Å². The zero-order chi connectivity index (χ0) is 25.6. The Labute approximate surface area is 211 Å². The van der Waals surface area contributed by atoms with Gasteiger partial charge in [0.15, 0.2) is 0 Å². The molecular formula is C26H34ClN3O5. The molecule has 190 valence electrons. The van der Waals surface area contributed by atoms with Crippen molar-refractivity contribution in [1.29, 1.82) is 0 Å².